The highest BCUT2D eigenvalue weighted by molar-refractivity contribution is 6.25. The van der Waals surface area contributed by atoms with Gasteiger partial charge in [-0.15, -0.1) is 0 Å². The predicted octanol–water partition coefficient (Wildman–Crippen LogP) is 1.70. The van der Waals surface area contributed by atoms with Crippen LogP contribution in [0.25, 0.3) is 6.08 Å². The highest BCUT2D eigenvalue weighted by Crippen LogP contribution is 2.11. The van der Waals surface area contributed by atoms with E-state index < -0.39 is 11.8 Å². The fourth-order valence-electron chi connectivity index (χ4n) is 1.75. The van der Waals surface area contributed by atoms with E-state index in [4.69, 9.17) is 5.84 Å². The lowest BCUT2D eigenvalue weighted by Crippen LogP contribution is -2.35. The van der Waals surface area contributed by atoms with Crippen LogP contribution in [-0.2, 0) is 9.59 Å². The zero-order valence-electron chi connectivity index (χ0n) is 11.2. The van der Waals surface area contributed by atoms with E-state index in [0.29, 0.717) is 5.69 Å². The lowest BCUT2D eigenvalue weighted by atomic mass is 10.1. The van der Waals surface area contributed by atoms with Gasteiger partial charge in [-0.05, 0) is 23.8 Å². The van der Waals surface area contributed by atoms with Gasteiger partial charge in [-0.2, -0.15) is 0 Å². The van der Waals surface area contributed by atoms with Crippen molar-refractivity contribution < 1.29 is 9.59 Å². The maximum Gasteiger partial charge on any atom is 0.270 e. The highest BCUT2D eigenvalue weighted by atomic mass is 16.2. The van der Waals surface area contributed by atoms with Crippen LogP contribution in [0.3, 0.4) is 0 Å². The Labute approximate surface area is 122 Å². The van der Waals surface area contributed by atoms with Gasteiger partial charge in [0.1, 0.15) is 5.57 Å². The molecule has 0 bridgehead atoms. The zero-order chi connectivity index (χ0) is 15.1. The van der Waals surface area contributed by atoms with Crippen LogP contribution in [0, 0.1) is 0 Å². The Balaban J connectivity index is 2.26. The SMILES string of the molecule is NNC(=O)/C(=C\c1ccccc1)C(=O)Nc1ccccc1. The molecular formula is C16H15N3O2. The van der Waals surface area contributed by atoms with Crippen molar-refractivity contribution in [3.05, 3.63) is 71.8 Å². The van der Waals surface area contributed by atoms with Crippen LogP contribution in [0.1, 0.15) is 5.56 Å². The molecule has 0 saturated heterocycles. The second kappa shape index (κ2) is 7.02. The Morgan fingerprint density at radius 3 is 2.00 bits per heavy atom. The molecule has 0 aliphatic carbocycles. The number of nitrogens with one attached hydrogen (secondary N) is 2. The standard InChI is InChI=1S/C16H15N3O2/c17-19-16(21)14(11-12-7-3-1-4-8-12)15(20)18-13-9-5-2-6-10-13/h1-11H,17H2,(H,18,20)(H,19,21)/b14-11-. The maximum absolute atomic E-state index is 12.2. The van der Waals surface area contributed by atoms with E-state index in [1.165, 1.54) is 6.08 Å². The third-order valence-corrected chi connectivity index (χ3v) is 2.76. The molecule has 0 atom stereocenters. The van der Waals surface area contributed by atoms with Crippen molar-refractivity contribution in [2.24, 2.45) is 5.84 Å². The van der Waals surface area contributed by atoms with Crippen molar-refractivity contribution in [3.63, 3.8) is 0 Å². The van der Waals surface area contributed by atoms with Gasteiger partial charge in [0.05, 0.1) is 0 Å². The Bertz CT molecular complexity index is 652. The summed E-state index contributed by atoms with van der Waals surface area (Å²) in [5, 5.41) is 2.65. The van der Waals surface area contributed by atoms with Gasteiger partial charge in [0.15, 0.2) is 0 Å². The van der Waals surface area contributed by atoms with Crippen molar-refractivity contribution in [1.29, 1.82) is 0 Å². The number of para-hydroxylation sites is 1. The highest BCUT2D eigenvalue weighted by Gasteiger charge is 2.17. The van der Waals surface area contributed by atoms with Gasteiger partial charge >= 0.3 is 0 Å². The van der Waals surface area contributed by atoms with Crippen LogP contribution in [-0.4, -0.2) is 11.8 Å². The normalized spacial score (nSPS) is 10.8. The summed E-state index contributed by atoms with van der Waals surface area (Å²) in [6, 6.07) is 18.0. The topological polar surface area (TPSA) is 84.2 Å². The van der Waals surface area contributed by atoms with E-state index in [1.807, 2.05) is 29.7 Å². The second-order valence-electron chi connectivity index (χ2n) is 4.26. The van der Waals surface area contributed by atoms with Gasteiger partial charge < -0.3 is 5.32 Å². The molecule has 2 aromatic rings. The third-order valence-electron chi connectivity index (χ3n) is 2.76. The quantitative estimate of drug-likeness (QED) is 0.199. The molecule has 0 fully saturated rings. The molecule has 2 aromatic carbocycles. The molecule has 0 radical (unpaired) electrons. The van der Waals surface area contributed by atoms with E-state index in [-0.39, 0.29) is 5.57 Å². The first-order valence-electron chi connectivity index (χ1n) is 6.35. The number of carbonyl (C=O) groups is 2. The van der Waals surface area contributed by atoms with Crippen molar-refractivity contribution in [1.82, 2.24) is 5.43 Å². The minimum absolute atomic E-state index is 0.0625. The van der Waals surface area contributed by atoms with Crippen molar-refractivity contribution in [3.8, 4) is 0 Å². The average molecular weight is 281 g/mol. The van der Waals surface area contributed by atoms with E-state index >= 15 is 0 Å². The van der Waals surface area contributed by atoms with Crippen LogP contribution in [0.15, 0.2) is 66.2 Å². The van der Waals surface area contributed by atoms with E-state index in [2.05, 4.69) is 5.32 Å². The molecule has 5 nitrogen and oxygen atoms in total. The number of hydrazine groups is 1. The Morgan fingerprint density at radius 2 is 1.43 bits per heavy atom. The van der Waals surface area contributed by atoms with Gasteiger partial charge in [-0.3, -0.25) is 15.0 Å². The summed E-state index contributed by atoms with van der Waals surface area (Å²) in [7, 11) is 0. The Morgan fingerprint density at radius 1 is 0.857 bits per heavy atom. The summed E-state index contributed by atoms with van der Waals surface area (Å²) >= 11 is 0. The predicted molar refractivity (Wildman–Crippen MR) is 81.8 cm³/mol. The van der Waals surface area contributed by atoms with E-state index in [0.717, 1.165) is 5.56 Å². The van der Waals surface area contributed by atoms with Crippen LogP contribution in [0.4, 0.5) is 5.69 Å². The number of anilines is 1. The van der Waals surface area contributed by atoms with Gasteiger partial charge in [0.25, 0.3) is 11.8 Å². The van der Waals surface area contributed by atoms with Gasteiger partial charge in [-0.1, -0.05) is 48.5 Å². The lowest BCUT2D eigenvalue weighted by molar-refractivity contribution is -0.121. The molecule has 0 unspecified atom stereocenters. The number of carbonyl (C=O) groups excluding carboxylic acids is 2. The first-order valence-corrected chi connectivity index (χ1v) is 6.35. The minimum Gasteiger partial charge on any atom is -0.322 e. The molecule has 4 N–H and O–H groups in total. The smallest absolute Gasteiger partial charge is 0.270 e. The molecule has 0 aliphatic heterocycles. The molecule has 2 amide bonds. The van der Waals surface area contributed by atoms with Gasteiger partial charge in [0, 0.05) is 5.69 Å². The summed E-state index contributed by atoms with van der Waals surface area (Å²) in [5.74, 6) is 3.97. The Hall–Kier alpha value is -2.92. The molecule has 0 heterocycles. The van der Waals surface area contributed by atoms with Crippen molar-refractivity contribution >= 4 is 23.6 Å². The number of hydrogen-bond acceptors (Lipinski definition) is 3. The van der Waals surface area contributed by atoms with E-state index in [9.17, 15) is 9.59 Å². The summed E-state index contributed by atoms with van der Waals surface area (Å²) in [6.07, 6.45) is 1.49. The number of benzene rings is 2. The summed E-state index contributed by atoms with van der Waals surface area (Å²) in [4.78, 5) is 24.0. The third kappa shape index (κ3) is 4.02. The number of amides is 2. The van der Waals surface area contributed by atoms with Crippen molar-refractivity contribution in [2.45, 2.75) is 0 Å². The molecule has 0 aromatic heterocycles. The van der Waals surface area contributed by atoms with Crippen LogP contribution in [0.5, 0.6) is 0 Å². The molecule has 21 heavy (non-hydrogen) atoms. The van der Waals surface area contributed by atoms with Gasteiger partial charge in [-0.25, -0.2) is 5.84 Å². The molecule has 0 spiro atoms. The van der Waals surface area contributed by atoms with Crippen LogP contribution >= 0.6 is 0 Å². The zero-order valence-corrected chi connectivity index (χ0v) is 11.2. The van der Waals surface area contributed by atoms with Crippen LogP contribution in [0.2, 0.25) is 0 Å². The number of hydrogen-bond donors (Lipinski definition) is 3. The summed E-state index contributed by atoms with van der Waals surface area (Å²) in [6.45, 7) is 0. The number of rotatable bonds is 4. The molecule has 0 aliphatic rings. The maximum atomic E-state index is 12.2. The first-order chi connectivity index (χ1) is 10.2. The minimum atomic E-state index is -0.646. The lowest BCUT2D eigenvalue weighted by Gasteiger charge is -2.08. The Kier molecular flexibility index (Phi) is 4.84. The monoisotopic (exact) mass is 281 g/mol. The molecule has 2 rings (SSSR count). The number of nitrogens with two attached hydrogens (primary N) is 1. The molecule has 106 valence electrons. The largest absolute Gasteiger partial charge is 0.322 e. The molecule has 0 saturated carbocycles. The average Bonchev–Trinajstić information content (AvgIpc) is 2.53. The summed E-state index contributed by atoms with van der Waals surface area (Å²) < 4.78 is 0. The second-order valence-corrected chi connectivity index (χ2v) is 4.26. The fourth-order valence-corrected chi connectivity index (χ4v) is 1.75. The fraction of sp³-hybridized carbons (Fsp3) is 0. The van der Waals surface area contributed by atoms with E-state index in [1.54, 1.807) is 36.4 Å². The molecule has 5 heteroatoms. The van der Waals surface area contributed by atoms with Crippen LogP contribution < -0.4 is 16.6 Å². The molecular weight excluding hydrogens is 266 g/mol. The summed E-state index contributed by atoms with van der Waals surface area (Å²) in [5.41, 5.74) is 3.26. The first kappa shape index (κ1) is 14.5. The van der Waals surface area contributed by atoms with Gasteiger partial charge in [0.2, 0.25) is 0 Å². The van der Waals surface area contributed by atoms with Crippen molar-refractivity contribution in [2.75, 3.05) is 5.32 Å².